The molecule has 8 bridgehead atoms. The van der Waals surface area contributed by atoms with Crippen molar-refractivity contribution in [1.82, 2.24) is 39.7 Å². The standard InChI is InChI=1S/C40H59N5O9S.C37H50N4O9S2/c1-8-26-19-40(26,35(48)42-55(51,52)28-14-15-28)20-32(46)31-18-27-22-45(31)34(47)33(38(2,3)4)41-36(49)53-24-39(5,6)16-9-10-17-43(7)30-13-11-12-25-21-44(23-29(25)30)37(50)54-27;1-5-24-18-37(24,33(44)39-52(47,48)26-13-14-26)19-29(42)28-17-25-21-41(28)32(43)31(36(2,3)4)38-34(45)49-15-8-6-7-9-16-51-30-12-10-11-23-20-40(22-27(23)30)35(46)50-25/h11-13,26-28,31,33H,8-10,14-24H2,1-7H3,(H,41,49)(H,42,48);7,9-12,24-26,28,31H,5-6,8,13-22H2,1-4H3,(H,38,45)(H,39,44)/b;9-7+/t26-,27+,31?,33+,40-;24-,25+,28?,31+,37-/m00/s1. The second kappa shape index (κ2) is 31.9. The lowest BCUT2D eigenvalue weighted by Crippen LogP contribution is -2.57. The van der Waals surface area contributed by atoms with Crippen molar-refractivity contribution in [2.24, 2.45) is 38.9 Å². The number of anilines is 1. The van der Waals surface area contributed by atoms with Gasteiger partial charge in [0.1, 0.15) is 24.3 Å². The fourth-order valence-electron chi connectivity index (χ4n) is 16.1. The number of carbonyl (C=O) groups is 10. The number of ether oxygens (including phenoxy) is 4. The molecule has 2 saturated heterocycles. The number of allylic oxidation sites excluding steroid dienone is 1. The number of amides is 8. The van der Waals surface area contributed by atoms with Gasteiger partial charge in [-0.2, -0.15) is 0 Å². The number of fused-ring (bicyclic) bond motifs is 6. The van der Waals surface area contributed by atoms with Crippen LogP contribution in [-0.4, -0.2) is 189 Å². The van der Waals surface area contributed by atoms with Crippen LogP contribution in [0.15, 0.2) is 53.4 Å². The molecule has 2 aromatic rings. The average Bonchev–Trinajstić information content (AvgIpc) is 1.58. The second-order valence-corrected chi connectivity index (χ2v) is 39.1. The van der Waals surface area contributed by atoms with Crippen LogP contribution in [0.1, 0.15) is 201 Å². The number of hydrogen-bond acceptors (Lipinski definition) is 20. The molecule has 0 spiro atoms. The maximum atomic E-state index is 14.6. The van der Waals surface area contributed by atoms with Gasteiger partial charge in [-0.1, -0.05) is 125 Å². The number of nitrogens with zero attached hydrogens (tertiary/aromatic N) is 5. The number of alkyl carbamates (subject to hydrolysis) is 2. The third-order valence-corrected chi connectivity index (χ3v) is 27.8. The van der Waals surface area contributed by atoms with Crippen molar-refractivity contribution in [2.45, 2.75) is 256 Å². The molecule has 4 saturated carbocycles. The summed E-state index contributed by atoms with van der Waals surface area (Å²) in [6, 6.07) is 7.71. The normalized spacial score (nSPS) is 29.2. The van der Waals surface area contributed by atoms with E-state index in [2.05, 4.69) is 37.1 Å². The summed E-state index contributed by atoms with van der Waals surface area (Å²) in [6.07, 6.45) is 6.98. The fourth-order valence-corrected chi connectivity index (χ4v) is 19.8. The Morgan fingerprint density at radius 2 is 1.09 bits per heavy atom. The first kappa shape index (κ1) is 80.5. The van der Waals surface area contributed by atoms with Crippen LogP contribution in [0.4, 0.5) is 24.9 Å². The van der Waals surface area contributed by atoms with Crippen LogP contribution in [-0.2, 0) is 93.9 Å². The minimum absolute atomic E-state index is 0.000705. The van der Waals surface area contributed by atoms with Crippen molar-refractivity contribution in [3.63, 3.8) is 0 Å². The maximum absolute atomic E-state index is 14.6. The lowest BCUT2D eigenvalue weighted by Gasteiger charge is -2.35. The van der Waals surface area contributed by atoms with E-state index in [-0.39, 0.29) is 69.2 Å². The largest absolute Gasteiger partial charge is 0.450 e. The van der Waals surface area contributed by atoms with Gasteiger partial charge in [0.25, 0.3) is 0 Å². The van der Waals surface area contributed by atoms with Crippen LogP contribution in [0.25, 0.3) is 0 Å². The van der Waals surface area contributed by atoms with Gasteiger partial charge in [-0.05, 0) is 127 Å². The van der Waals surface area contributed by atoms with E-state index in [9.17, 15) is 64.8 Å². The summed E-state index contributed by atoms with van der Waals surface area (Å²) >= 11 is 1.68. The van der Waals surface area contributed by atoms with E-state index in [0.717, 1.165) is 64.4 Å². The molecule has 588 valence electrons. The molecule has 12 rings (SSSR count). The maximum Gasteiger partial charge on any atom is 0.410 e. The Balaban J connectivity index is 0.000000214. The van der Waals surface area contributed by atoms with E-state index in [1.54, 1.807) is 63.1 Å². The molecule has 0 aromatic heterocycles. The molecular weight excluding hydrogens is 1440 g/mol. The van der Waals surface area contributed by atoms with Gasteiger partial charge in [0.05, 0.1) is 72.8 Å². The molecule has 6 heterocycles. The summed E-state index contributed by atoms with van der Waals surface area (Å²) in [5.41, 5.74) is 0.874. The molecule has 4 aliphatic carbocycles. The van der Waals surface area contributed by atoms with Crippen LogP contribution in [0.3, 0.4) is 0 Å². The SMILES string of the molecule is CC[C@H]1C[C@@]1(CC(=O)C1C[C@@H]2CN1C(=O)[C@H](C(C)(C)C)NC(=O)OCC(C)(C)CCCCN(C)c1cccc3c1CN(C3)C(=O)O2)C(=O)NS(=O)(=O)C1CC1.CC[C@H]1C[C@@]1(CC(=O)C1C[C@@H]2CN1C(=O)[C@H](C(C)(C)C)NC(=O)OCCC/C=C/CSc1cccc3c1CN(C3)C(=O)O2)C(=O)NS(=O)(=O)C1CC1. The predicted molar refractivity (Wildman–Crippen MR) is 399 cm³/mol. The van der Waals surface area contributed by atoms with E-state index < -0.39 is 148 Å². The number of hydrogen-bond donors (Lipinski definition) is 4. The summed E-state index contributed by atoms with van der Waals surface area (Å²) in [7, 11) is -5.64. The molecule has 4 N–H and O–H groups in total. The highest BCUT2D eigenvalue weighted by Crippen LogP contribution is 2.59. The summed E-state index contributed by atoms with van der Waals surface area (Å²) in [5.74, 6) is -2.94. The lowest BCUT2D eigenvalue weighted by molar-refractivity contribution is -0.142. The van der Waals surface area contributed by atoms with E-state index in [1.807, 2.05) is 71.2 Å². The summed E-state index contributed by atoms with van der Waals surface area (Å²) < 4.78 is 78.6. The van der Waals surface area contributed by atoms with E-state index >= 15 is 0 Å². The highest BCUT2D eigenvalue weighted by molar-refractivity contribution is 7.99. The number of nitrogens with one attached hydrogen (secondary N) is 4. The topological polar surface area (TPSA) is 340 Å². The predicted octanol–water partition coefficient (Wildman–Crippen LogP) is 9.55. The summed E-state index contributed by atoms with van der Waals surface area (Å²) in [5, 5.41) is 4.30. The number of cyclic esters (lactones) is 2. The minimum atomic E-state index is -3.84. The monoisotopic (exact) mass is 1540 g/mol. The number of Topliss-reactive ketones (excluding diaryl/α,β-unsaturated/α-hetero) is 2. The van der Waals surface area contributed by atoms with Gasteiger partial charge < -0.3 is 44.3 Å². The van der Waals surface area contributed by atoms with Gasteiger partial charge in [-0.15, -0.1) is 11.8 Å². The number of ketones is 2. The van der Waals surface area contributed by atoms with Gasteiger partial charge >= 0.3 is 24.4 Å². The van der Waals surface area contributed by atoms with Crippen molar-refractivity contribution in [3.8, 4) is 0 Å². The number of thioether (sulfide) groups is 1. The highest BCUT2D eigenvalue weighted by Gasteiger charge is 2.64. The number of carbonyl (C=O) groups excluding carboxylic acids is 10. The van der Waals surface area contributed by atoms with E-state index in [0.29, 0.717) is 90.4 Å². The third-order valence-electron chi connectivity index (χ3n) is 23.1. The Morgan fingerprint density at radius 3 is 1.57 bits per heavy atom. The quantitative estimate of drug-likeness (QED) is 0.101. The first-order valence-electron chi connectivity index (χ1n) is 38.1. The fraction of sp³-hybridized carbons (Fsp3) is 0.688. The van der Waals surface area contributed by atoms with Crippen LogP contribution >= 0.6 is 11.8 Å². The number of benzene rings is 2. The first-order chi connectivity index (χ1) is 50.4. The Morgan fingerprint density at radius 1 is 0.617 bits per heavy atom. The Labute approximate surface area is 633 Å². The lowest BCUT2D eigenvalue weighted by atomic mass is 9.85. The highest BCUT2D eigenvalue weighted by atomic mass is 32.2. The molecule has 107 heavy (non-hydrogen) atoms. The zero-order valence-electron chi connectivity index (χ0n) is 63.8. The Hall–Kier alpha value is -7.47. The molecule has 6 aliphatic heterocycles. The molecule has 30 heteroatoms. The molecule has 10 aliphatic rings. The Kier molecular flexibility index (Phi) is 24.0. The van der Waals surface area contributed by atoms with Crippen molar-refractivity contribution < 1.29 is 83.7 Å². The van der Waals surface area contributed by atoms with Gasteiger partial charge in [0, 0.05) is 68.7 Å². The van der Waals surface area contributed by atoms with Crippen LogP contribution < -0.4 is 25.0 Å². The second-order valence-electron chi connectivity index (χ2n) is 34.2. The molecule has 2 unspecified atom stereocenters. The first-order valence-corrected chi connectivity index (χ1v) is 42.2. The third kappa shape index (κ3) is 18.7. The number of rotatable bonds is 14. The molecule has 0 radical (unpaired) electrons. The minimum Gasteiger partial charge on any atom is -0.450 e. The summed E-state index contributed by atoms with van der Waals surface area (Å²) in [4.78, 5) is 148. The Bertz CT molecular complexity index is 4050. The van der Waals surface area contributed by atoms with Crippen molar-refractivity contribution in [2.75, 3.05) is 50.5 Å². The average molecular weight is 1540 g/mol. The zero-order chi connectivity index (χ0) is 77.5. The smallest absolute Gasteiger partial charge is 0.410 e. The summed E-state index contributed by atoms with van der Waals surface area (Å²) in [6.45, 7) is 21.0. The molecule has 2 aromatic carbocycles. The van der Waals surface area contributed by atoms with Crippen molar-refractivity contribution >= 4 is 97.1 Å². The van der Waals surface area contributed by atoms with Crippen LogP contribution in [0.2, 0.25) is 0 Å². The number of sulfonamides is 2. The molecule has 6 fully saturated rings. The van der Waals surface area contributed by atoms with Crippen LogP contribution in [0.5, 0.6) is 0 Å². The van der Waals surface area contributed by atoms with Crippen LogP contribution in [0, 0.1) is 38.9 Å². The van der Waals surface area contributed by atoms with E-state index in [1.165, 1.54) is 9.80 Å². The molecule has 27 nitrogen and oxygen atoms in total. The van der Waals surface area contributed by atoms with Gasteiger partial charge in [-0.3, -0.25) is 48.0 Å². The molecular formula is C77H109N9O18S3. The van der Waals surface area contributed by atoms with Gasteiger partial charge in [0.15, 0.2) is 11.6 Å². The van der Waals surface area contributed by atoms with Crippen molar-refractivity contribution in [3.05, 3.63) is 70.8 Å². The molecule has 10 atom stereocenters. The van der Waals surface area contributed by atoms with Gasteiger partial charge in [0.2, 0.25) is 43.7 Å². The van der Waals surface area contributed by atoms with Crippen molar-refractivity contribution in [1.29, 1.82) is 0 Å². The molecule has 8 amide bonds. The zero-order valence-corrected chi connectivity index (χ0v) is 66.2. The van der Waals surface area contributed by atoms with E-state index in [4.69, 9.17) is 18.9 Å². The van der Waals surface area contributed by atoms with Gasteiger partial charge in [-0.25, -0.2) is 36.0 Å².